The Balaban J connectivity index is 1.77. The molecule has 4 rings (SSSR count). The van der Waals surface area contributed by atoms with Gasteiger partial charge in [-0.25, -0.2) is 14.4 Å². The molecule has 3 aromatic carbocycles. The predicted octanol–water partition coefficient (Wildman–Crippen LogP) is 5.43. The van der Waals surface area contributed by atoms with Gasteiger partial charge in [-0.1, -0.05) is 66.4 Å². The Morgan fingerprint density at radius 1 is 0.929 bits per heavy atom. The van der Waals surface area contributed by atoms with Crippen molar-refractivity contribution in [1.29, 1.82) is 0 Å². The first kappa shape index (κ1) is 18.6. The number of aliphatic hydroxyl groups excluding tert-OH is 1. The zero-order valence-corrected chi connectivity index (χ0v) is 16.2. The lowest BCUT2D eigenvalue weighted by atomic mass is 10.00. The minimum absolute atomic E-state index is 0.252. The van der Waals surface area contributed by atoms with E-state index in [1.807, 2.05) is 60.9 Å². The first-order chi connectivity index (χ1) is 13.7. The van der Waals surface area contributed by atoms with Gasteiger partial charge in [0.25, 0.3) is 0 Å². The van der Waals surface area contributed by atoms with Crippen LogP contribution in [-0.2, 0) is 6.42 Å². The topological polar surface area (TPSA) is 46.0 Å². The van der Waals surface area contributed by atoms with Gasteiger partial charge >= 0.3 is 0 Å². The van der Waals surface area contributed by atoms with Crippen LogP contribution in [0.5, 0.6) is 0 Å². The van der Waals surface area contributed by atoms with Crippen LogP contribution >= 0.6 is 11.8 Å². The summed E-state index contributed by atoms with van der Waals surface area (Å²) in [7, 11) is 0. The Hall–Kier alpha value is -2.76. The van der Waals surface area contributed by atoms with Gasteiger partial charge in [-0.2, -0.15) is 0 Å². The molecular formula is C23H19FN2OS. The van der Waals surface area contributed by atoms with E-state index in [0.717, 1.165) is 27.9 Å². The van der Waals surface area contributed by atoms with E-state index in [4.69, 9.17) is 0 Å². The fourth-order valence-electron chi connectivity index (χ4n) is 3.28. The number of hydrogen-bond donors (Lipinski definition) is 1. The number of thioether (sulfide) groups is 1. The lowest BCUT2D eigenvalue weighted by molar-refractivity contribution is 0.177. The van der Waals surface area contributed by atoms with Gasteiger partial charge < -0.3 is 5.11 Å². The van der Waals surface area contributed by atoms with Crippen LogP contribution in [0.2, 0.25) is 0 Å². The average molecular weight is 390 g/mol. The highest BCUT2D eigenvalue weighted by Crippen LogP contribution is 2.31. The maximum Gasteiger partial charge on any atom is 0.188 e. The summed E-state index contributed by atoms with van der Waals surface area (Å²) in [6, 6.07) is 22.0. The molecule has 0 fully saturated rings. The molecule has 0 aliphatic rings. The second-order valence-electron chi connectivity index (χ2n) is 6.50. The van der Waals surface area contributed by atoms with E-state index in [9.17, 15) is 9.50 Å². The van der Waals surface area contributed by atoms with Crippen molar-refractivity contribution in [2.75, 3.05) is 6.26 Å². The van der Waals surface area contributed by atoms with Crippen LogP contribution in [0.3, 0.4) is 0 Å². The minimum atomic E-state index is -0.649. The number of nitrogens with zero attached hydrogens (tertiary/aromatic N) is 2. The molecule has 0 aliphatic heterocycles. The Bertz CT molecular complexity index is 1120. The number of hydrogen-bond acceptors (Lipinski definition) is 4. The van der Waals surface area contributed by atoms with Crippen molar-refractivity contribution in [3.8, 4) is 11.3 Å². The quantitative estimate of drug-likeness (QED) is 0.364. The molecule has 0 bridgehead atoms. The second-order valence-corrected chi connectivity index (χ2v) is 7.28. The summed E-state index contributed by atoms with van der Waals surface area (Å²) in [4.78, 5) is 9.19. The zero-order chi connectivity index (χ0) is 19.5. The highest BCUT2D eigenvalue weighted by Gasteiger charge is 2.14. The van der Waals surface area contributed by atoms with Crippen molar-refractivity contribution in [1.82, 2.24) is 9.97 Å². The molecule has 0 amide bonds. The summed E-state index contributed by atoms with van der Waals surface area (Å²) in [5.74, 6) is -0.252. The molecule has 4 aromatic rings. The Morgan fingerprint density at radius 3 is 2.39 bits per heavy atom. The SMILES string of the molecule is CSc1nc(CC(O)c2ccccc2)cc(-c2ccc(F)c3ccccc23)n1. The number of benzene rings is 3. The van der Waals surface area contributed by atoms with Gasteiger partial charge in [-0.05, 0) is 35.4 Å². The summed E-state index contributed by atoms with van der Waals surface area (Å²) in [5.41, 5.74) is 3.18. The highest BCUT2D eigenvalue weighted by molar-refractivity contribution is 7.98. The molecule has 1 unspecified atom stereocenters. The molecule has 1 aromatic heterocycles. The van der Waals surface area contributed by atoms with Crippen LogP contribution in [0.25, 0.3) is 22.0 Å². The summed E-state index contributed by atoms with van der Waals surface area (Å²) in [5, 5.41) is 12.6. The van der Waals surface area contributed by atoms with E-state index in [1.165, 1.54) is 17.8 Å². The van der Waals surface area contributed by atoms with Gasteiger partial charge in [0.2, 0.25) is 0 Å². The van der Waals surface area contributed by atoms with E-state index in [0.29, 0.717) is 17.0 Å². The molecule has 0 saturated heterocycles. The molecule has 0 saturated carbocycles. The number of aliphatic hydroxyl groups is 1. The molecule has 1 atom stereocenters. The van der Waals surface area contributed by atoms with Crippen LogP contribution < -0.4 is 0 Å². The molecule has 1 heterocycles. The van der Waals surface area contributed by atoms with Crippen molar-refractivity contribution in [3.63, 3.8) is 0 Å². The van der Waals surface area contributed by atoms with E-state index >= 15 is 0 Å². The Labute approximate surface area is 167 Å². The number of rotatable bonds is 5. The fraction of sp³-hybridized carbons (Fsp3) is 0.130. The van der Waals surface area contributed by atoms with Crippen LogP contribution in [0.1, 0.15) is 17.4 Å². The molecule has 28 heavy (non-hydrogen) atoms. The maximum atomic E-state index is 14.2. The van der Waals surface area contributed by atoms with Crippen molar-refractivity contribution < 1.29 is 9.50 Å². The summed E-state index contributed by atoms with van der Waals surface area (Å²) >= 11 is 1.45. The lowest BCUT2D eigenvalue weighted by Crippen LogP contribution is -2.05. The normalized spacial score (nSPS) is 12.2. The molecule has 1 N–H and O–H groups in total. The molecule has 0 spiro atoms. The van der Waals surface area contributed by atoms with Crippen molar-refractivity contribution in [2.24, 2.45) is 0 Å². The third kappa shape index (κ3) is 3.77. The third-order valence-corrected chi connectivity index (χ3v) is 5.22. The van der Waals surface area contributed by atoms with E-state index in [-0.39, 0.29) is 5.82 Å². The summed E-state index contributed by atoms with van der Waals surface area (Å²) in [6.45, 7) is 0. The van der Waals surface area contributed by atoms with Gasteiger partial charge in [0.05, 0.1) is 11.8 Å². The van der Waals surface area contributed by atoms with E-state index < -0.39 is 6.10 Å². The van der Waals surface area contributed by atoms with E-state index in [1.54, 1.807) is 12.1 Å². The van der Waals surface area contributed by atoms with Crippen LogP contribution in [0.15, 0.2) is 78.0 Å². The number of aromatic nitrogens is 2. The monoisotopic (exact) mass is 390 g/mol. The molecule has 5 heteroatoms. The smallest absolute Gasteiger partial charge is 0.188 e. The molecule has 0 radical (unpaired) electrons. The van der Waals surface area contributed by atoms with Gasteiger partial charge in [-0.15, -0.1) is 0 Å². The van der Waals surface area contributed by atoms with Crippen molar-refractivity contribution in [2.45, 2.75) is 17.7 Å². The highest BCUT2D eigenvalue weighted by atomic mass is 32.2. The van der Waals surface area contributed by atoms with Crippen LogP contribution in [-0.4, -0.2) is 21.3 Å². The van der Waals surface area contributed by atoms with E-state index in [2.05, 4.69) is 9.97 Å². The van der Waals surface area contributed by atoms with Crippen LogP contribution in [0, 0.1) is 5.82 Å². The predicted molar refractivity (Wildman–Crippen MR) is 112 cm³/mol. The zero-order valence-electron chi connectivity index (χ0n) is 15.3. The number of fused-ring (bicyclic) bond motifs is 1. The van der Waals surface area contributed by atoms with Gasteiger partial charge in [0.15, 0.2) is 5.16 Å². The summed E-state index contributed by atoms with van der Waals surface area (Å²) in [6.07, 6.45) is 1.65. The van der Waals surface area contributed by atoms with Crippen molar-refractivity contribution >= 4 is 22.5 Å². The third-order valence-electron chi connectivity index (χ3n) is 4.67. The first-order valence-corrected chi connectivity index (χ1v) is 10.2. The second kappa shape index (κ2) is 8.09. The lowest BCUT2D eigenvalue weighted by Gasteiger charge is -2.13. The first-order valence-electron chi connectivity index (χ1n) is 8.98. The largest absolute Gasteiger partial charge is 0.388 e. The molecule has 3 nitrogen and oxygen atoms in total. The van der Waals surface area contributed by atoms with Gasteiger partial charge in [0, 0.05) is 23.1 Å². The fourth-order valence-corrected chi connectivity index (χ4v) is 3.68. The van der Waals surface area contributed by atoms with Gasteiger partial charge in [-0.3, -0.25) is 0 Å². The van der Waals surface area contributed by atoms with Crippen molar-refractivity contribution in [3.05, 3.63) is 89.9 Å². The van der Waals surface area contributed by atoms with Gasteiger partial charge in [0.1, 0.15) is 5.82 Å². The maximum absolute atomic E-state index is 14.2. The average Bonchev–Trinajstić information content (AvgIpc) is 2.74. The molecular weight excluding hydrogens is 371 g/mol. The Morgan fingerprint density at radius 2 is 1.64 bits per heavy atom. The minimum Gasteiger partial charge on any atom is -0.388 e. The van der Waals surface area contributed by atoms with Crippen LogP contribution in [0.4, 0.5) is 4.39 Å². The summed E-state index contributed by atoms with van der Waals surface area (Å²) < 4.78 is 14.2. The number of halogens is 1. The standard InChI is InChI=1S/C23H19FN2OS/c1-28-23-25-16(14-22(27)15-7-3-2-4-8-15)13-21(26-23)19-11-12-20(24)18-10-6-5-9-17(18)19/h2-13,22,27H,14H2,1H3. The molecule has 0 aliphatic carbocycles. The Kier molecular flexibility index (Phi) is 5.37. The molecule has 140 valence electrons.